The molecule has 0 aliphatic carbocycles. The van der Waals surface area contributed by atoms with Crippen LogP contribution in [0.25, 0.3) is 0 Å². The fraction of sp³-hybridized carbons (Fsp3) is 0.125. The number of carbonyl (C=O) groups is 1. The molecular weight excluding hydrogens is 287 g/mol. The van der Waals surface area contributed by atoms with Crippen LogP contribution < -0.4 is 10.6 Å². The Labute approximate surface area is 128 Å². The molecule has 2 aromatic rings. The van der Waals surface area contributed by atoms with E-state index < -0.39 is 0 Å². The third kappa shape index (κ3) is 4.10. The lowest BCUT2D eigenvalue weighted by atomic mass is 10.1. The van der Waals surface area contributed by atoms with Crippen LogP contribution in [0.2, 0.25) is 0 Å². The van der Waals surface area contributed by atoms with Gasteiger partial charge in [0, 0.05) is 11.3 Å². The summed E-state index contributed by atoms with van der Waals surface area (Å²) in [7, 11) is 0. The van der Waals surface area contributed by atoms with Gasteiger partial charge in [0.25, 0.3) is 0 Å². The highest BCUT2D eigenvalue weighted by molar-refractivity contribution is 7.80. The van der Waals surface area contributed by atoms with Crippen LogP contribution in [-0.4, -0.2) is 10.9 Å². The highest BCUT2D eigenvalue weighted by Gasteiger charge is 2.06. The minimum absolute atomic E-state index is 0.0257. The van der Waals surface area contributed by atoms with Crippen LogP contribution in [0.1, 0.15) is 22.8 Å². The molecule has 21 heavy (non-hydrogen) atoms. The molecule has 0 atom stereocenters. The van der Waals surface area contributed by atoms with Crippen molar-refractivity contribution in [2.24, 2.45) is 0 Å². The number of thiocarbonyl (C=S) groups is 1. The lowest BCUT2D eigenvalue weighted by molar-refractivity contribution is 0.101. The minimum atomic E-state index is -0.373. The van der Waals surface area contributed by atoms with Crippen LogP contribution in [0.3, 0.4) is 0 Å². The average Bonchev–Trinajstić information content (AvgIpc) is 2.43. The van der Waals surface area contributed by atoms with Crippen LogP contribution in [0, 0.1) is 12.7 Å². The van der Waals surface area contributed by atoms with E-state index in [1.807, 2.05) is 6.92 Å². The Kier molecular flexibility index (Phi) is 4.65. The Morgan fingerprint density at radius 1 is 1.14 bits per heavy atom. The third-order valence-corrected chi connectivity index (χ3v) is 3.10. The lowest BCUT2D eigenvalue weighted by Gasteiger charge is -2.12. The minimum Gasteiger partial charge on any atom is -0.332 e. The van der Waals surface area contributed by atoms with E-state index in [2.05, 4.69) is 10.6 Å². The molecule has 0 aliphatic heterocycles. The van der Waals surface area contributed by atoms with E-state index >= 15 is 0 Å². The molecule has 3 nitrogen and oxygen atoms in total. The van der Waals surface area contributed by atoms with Gasteiger partial charge >= 0.3 is 0 Å². The quantitative estimate of drug-likeness (QED) is 0.660. The number of carbonyl (C=O) groups excluding carboxylic acids is 1. The molecule has 2 N–H and O–H groups in total. The predicted molar refractivity (Wildman–Crippen MR) is 87.4 cm³/mol. The van der Waals surface area contributed by atoms with Crippen LogP contribution in [-0.2, 0) is 0 Å². The maximum absolute atomic E-state index is 13.6. The van der Waals surface area contributed by atoms with Gasteiger partial charge in [0.15, 0.2) is 10.9 Å². The Balaban J connectivity index is 2.10. The summed E-state index contributed by atoms with van der Waals surface area (Å²) in [5, 5.41) is 6.01. The van der Waals surface area contributed by atoms with E-state index in [1.54, 1.807) is 36.4 Å². The van der Waals surface area contributed by atoms with Gasteiger partial charge in [0.05, 0.1) is 5.69 Å². The smallest absolute Gasteiger partial charge is 0.175 e. The van der Waals surface area contributed by atoms with Crippen LogP contribution >= 0.6 is 12.2 Å². The van der Waals surface area contributed by atoms with Crippen molar-refractivity contribution < 1.29 is 9.18 Å². The molecule has 0 aromatic heterocycles. The Bertz CT molecular complexity index is 700. The molecule has 5 heteroatoms. The van der Waals surface area contributed by atoms with Crippen LogP contribution in [0.5, 0.6) is 0 Å². The molecule has 0 radical (unpaired) electrons. The van der Waals surface area contributed by atoms with Gasteiger partial charge in [-0.05, 0) is 55.9 Å². The number of benzene rings is 2. The molecule has 0 fully saturated rings. The van der Waals surface area contributed by atoms with E-state index in [0.717, 1.165) is 5.56 Å². The second-order valence-corrected chi connectivity index (χ2v) is 5.11. The van der Waals surface area contributed by atoms with Gasteiger partial charge in [0.1, 0.15) is 5.82 Å². The van der Waals surface area contributed by atoms with Gasteiger partial charge in [-0.25, -0.2) is 4.39 Å². The van der Waals surface area contributed by atoms with Crippen molar-refractivity contribution in [3.8, 4) is 0 Å². The topological polar surface area (TPSA) is 41.1 Å². The summed E-state index contributed by atoms with van der Waals surface area (Å²) in [6.07, 6.45) is 0. The first kappa shape index (κ1) is 15.1. The van der Waals surface area contributed by atoms with Gasteiger partial charge in [-0.1, -0.05) is 18.2 Å². The summed E-state index contributed by atoms with van der Waals surface area (Å²) < 4.78 is 13.6. The summed E-state index contributed by atoms with van der Waals surface area (Å²) in [6, 6.07) is 11.7. The van der Waals surface area contributed by atoms with Crippen molar-refractivity contribution in [1.29, 1.82) is 0 Å². The molecule has 0 saturated heterocycles. The Hall–Kier alpha value is -2.27. The first-order valence-electron chi connectivity index (χ1n) is 6.41. The zero-order valence-electron chi connectivity index (χ0n) is 11.7. The number of anilines is 2. The van der Waals surface area contributed by atoms with Gasteiger partial charge < -0.3 is 10.6 Å². The molecule has 108 valence electrons. The molecule has 2 aromatic carbocycles. The summed E-state index contributed by atoms with van der Waals surface area (Å²) in [6.45, 7) is 3.37. The lowest BCUT2D eigenvalue weighted by Crippen LogP contribution is -2.20. The largest absolute Gasteiger partial charge is 0.332 e. The summed E-state index contributed by atoms with van der Waals surface area (Å²) >= 11 is 5.16. The standard InChI is InChI=1S/C16H15FN2OS/c1-10-6-7-14(17)15(8-10)19-16(21)18-13-5-3-4-12(9-13)11(2)20/h3-9H,1-2H3,(H2,18,19,21). The third-order valence-electron chi connectivity index (χ3n) is 2.90. The van der Waals surface area contributed by atoms with E-state index in [9.17, 15) is 9.18 Å². The maximum Gasteiger partial charge on any atom is 0.175 e. The van der Waals surface area contributed by atoms with Gasteiger partial charge in [0.2, 0.25) is 0 Å². The molecule has 0 aliphatic rings. The maximum atomic E-state index is 13.6. The van der Waals surface area contributed by atoms with Gasteiger partial charge in [-0.3, -0.25) is 4.79 Å². The molecule has 0 saturated carbocycles. The number of halogens is 1. The number of ketones is 1. The fourth-order valence-corrected chi connectivity index (χ4v) is 2.06. The molecule has 0 spiro atoms. The van der Waals surface area contributed by atoms with Crippen molar-refractivity contribution in [3.05, 3.63) is 59.4 Å². The van der Waals surface area contributed by atoms with E-state index in [1.165, 1.54) is 13.0 Å². The predicted octanol–water partition coefficient (Wildman–Crippen LogP) is 4.15. The Morgan fingerprint density at radius 2 is 1.90 bits per heavy atom. The monoisotopic (exact) mass is 302 g/mol. The van der Waals surface area contributed by atoms with Crippen molar-refractivity contribution in [1.82, 2.24) is 0 Å². The number of rotatable bonds is 3. The summed E-state index contributed by atoms with van der Waals surface area (Å²) in [5.41, 5.74) is 2.51. The molecular formula is C16H15FN2OS. The number of aryl methyl sites for hydroxylation is 1. The normalized spacial score (nSPS) is 10.0. The van der Waals surface area contributed by atoms with E-state index in [4.69, 9.17) is 12.2 Å². The first-order valence-corrected chi connectivity index (χ1v) is 6.81. The Morgan fingerprint density at radius 3 is 2.62 bits per heavy atom. The van der Waals surface area contributed by atoms with Crippen molar-refractivity contribution >= 4 is 34.5 Å². The van der Waals surface area contributed by atoms with E-state index in [-0.39, 0.29) is 16.7 Å². The molecule has 0 unspecified atom stereocenters. The average molecular weight is 302 g/mol. The number of hydrogen-bond acceptors (Lipinski definition) is 2. The van der Waals surface area contributed by atoms with Crippen molar-refractivity contribution in [2.75, 3.05) is 10.6 Å². The molecule has 0 amide bonds. The van der Waals surface area contributed by atoms with Crippen LogP contribution in [0.15, 0.2) is 42.5 Å². The SMILES string of the molecule is CC(=O)c1cccc(NC(=S)Nc2cc(C)ccc2F)c1. The van der Waals surface area contributed by atoms with Crippen molar-refractivity contribution in [3.63, 3.8) is 0 Å². The fourth-order valence-electron chi connectivity index (χ4n) is 1.84. The molecule has 0 heterocycles. The zero-order chi connectivity index (χ0) is 15.4. The van der Waals surface area contributed by atoms with Gasteiger partial charge in [-0.2, -0.15) is 0 Å². The second-order valence-electron chi connectivity index (χ2n) is 4.70. The number of hydrogen-bond donors (Lipinski definition) is 2. The van der Waals surface area contributed by atoms with Gasteiger partial charge in [-0.15, -0.1) is 0 Å². The highest BCUT2D eigenvalue weighted by Crippen LogP contribution is 2.17. The van der Waals surface area contributed by atoms with Crippen LogP contribution in [0.4, 0.5) is 15.8 Å². The second kappa shape index (κ2) is 6.45. The van der Waals surface area contributed by atoms with E-state index in [0.29, 0.717) is 16.9 Å². The molecule has 0 bridgehead atoms. The summed E-state index contributed by atoms with van der Waals surface area (Å²) in [4.78, 5) is 11.3. The zero-order valence-corrected chi connectivity index (χ0v) is 12.6. The van der Waals surface area contributed by atoms with Crippen molar-refractivity contribution in [2.45, 2.75) is 13.8 Å². The molecule has 2 rings (SSSR count). The highest BCUT2D eigenvalue weighted by atomic mass is 32.1. The number of Topliss-reactive ketones (excluding diaryl/α,β-unsaturated/α-hetero) is 1. The number of nitrogens with one attached hydrogen (secondary N) is 2. The summed E-state index contributed by atoms with van der Waals surface area (Å²) in [5.74, 6) is -0.399. The first-order chi connectivity index (χ1) is 9.95.